The minimum absolute atomic E-state index is 0.183. The number of rotatable bonds is 2. The van der Waals surface area contributed by atoms with Crippen LogP contribution in [0.4, 0.5) is 0 Å². The second-order valence-electron chi connectivity index (χ2n) is 2.06. The molecule has 0 aromatic carbocycles. The van der Waals surface area contributed by atoms with Gasteiger partial charge in [0.25, 0.3) is 0 Å². The van der Waals surface area contributed by atoms with Crippen LogP contribution in [0, 0.1) is 0 Å². The molecule has 1 heterocycles. The van der Waals surface area contributed by atoms with Crippen molar-refractivity contribution in [1.82, 2.24) is 4.98 Å². The number of Topliss-reactive ketones (excluding diaryl/α,β-unsaturated/α-hetero) is 1. The van der Waals surface area contributed by atoms with Gasteiger partial charge in [0, 0.05) is 13.1 Å². The van der Waals surface area contributed by atoms with Crippen LogP contribution in [0.25, 0.3) is 0 Å². The van der Waals surface area contributed by atoms with Crippen LogP contribution in [0.2, 0.25) is 0 Å². The molecule has 55 valence electrons. The van der Waals surface area contributed by atoms with Crippen LogP contribution < -0.4 is 0 Å². The molecule has 0 saturated heterocycles. The average molecular weight is 148 g/mol. The molecule has 0 amide bonds. The summed E-state index contributed by atoms with van der Waals surface area (Å²) in [5.74, 6) is -0.219. The highest BCUT2D eigenvalue weighted by Gasteiger charge is 2.06. The van der Waals surface area contributed by atoms with E-state index < -0.39 is 0 Å². The molecule has 1 aromatic rings. The van der Waals surface area contributed by atoms with Crippen LogP contribution in [-0.4, -0.2) is 17.1 Å². The molecule has 0 unspecified atom stereocenters. The SMILES string of the molecule is CC(=O)c1ncccc1[C]=O. The molecule has 1 rings (SSSR count). The third-order valence-electron chi connectivity index (χ3n) is 1.25. The van der Waals surface area contributed by atoms with Crippen molar-refractivity contribution in [1.29, 1.82) is 0 Å². The molecule has 0 spiro atoms. The molecule has 3 heteroatoms. The molecule has 11 heavy (non-hydrogen) atoms. The van der Waals surface area contributed by atoms with Crippen molar-refractivity contribution in [3.8, 4) is 0 Å². The van der Waals surface area contributed by atoms with Crippen molar-refractivity contribution in [3.63, 3.8) is 0 Å². The van der Waals surface area contributed by atoms with Gasteiger partial charge in [-0.25, -0.2) is 0 Å². The Balaban J connectivity index is 3.22. The Morgan fingerprint density at radius 2 is 2.36 bits per heavy atom. The highest BCUT2D eigenvalue weighted by Crippen LogP contribution is 2.01. The first-order valence-electron chi connectivity index (χ1n) is 3.10. The first-order chi connectivity index (χ1) is 5.25. The van der Waals surface area contributed by atoms with E-state index in [1.54, 1.807) is 12.4 Å². The molecule has 1 aromatic heterocycles. The first-order valence-corrected chi connectivity index (χ1v) is 3.10. The van der Waals surface area contributed by atoms with Crippen LogP contribution >= 0.6 is 0 Å². The van der Waals surface area contributed by atoms with Gasteiger partial charge >= 0.3 is 0 Å². The predicted molar refractivity (Wildman–Crippen MR) is 39.0 cm³/mol. The van der Waals surface area contributed by atoms with Crippen molar-refractivity contribution in [2.45, 2.75) is 6.92 Å². The van der Waals surface area contributed by atoms with Gasteiger partial charge in [-0.1, -0.05) is 0 Å². The normalized spacial score (nSPS) is 9.18. The van der Waals surface area contributed by atoms with Crippen LogP contribution in [0.3, 0.4) is 0 Å². The van der Waals surface area contributed by atoms with E-state index in [2.05, 4.69) is 4.98 Å². The molecule has 0 atom stereocenters. The number of aromatic nitrogens is 1. The van der Waals surface area contributed by atoms with Crippen molar-refractivity contribution >= 4 is 12.1 Å². The van der Waals surface area contributed by atoms with Crippen molar-refractivity contribution in [2.24, 2.45) is 0 Å². The largest absolute Gasteiger partial charge is 0.293 e. The quantitative estimate of drug-likeness (QED) is 0.581. The van der Waals surface area contributed by atoms with Crippen LogP contribution in [0.5, 0.6) is 0 Å². The first kappa shape index (κ1) is 7.60. The lowest BCUT2D eigenvalue weighted by Gasteiger charge is -1.94. The van der Waals surface area contributed by atoms with E-state index in [1.165, 1.54) is 19.2 Å². The van der Waals surface area contributed by atoms with Gasteiger partial charge in [0.05, 0.1) is 5.56 Å². The highest BCUT2D eigenvalue weighted by molar-refractivity contribution is 5.99. The lowest BCUT2D eigenvalue weighted by molar-refractivity contribution is 0.101. The molecule has 0 N–H and O–H groups in total. The Hall–Kier alpha value is -1.51. The van der Waals surface area contributed by atoms with E-state index in [1.807, 2.05) is 0 Å². The van der Waals surface area contributed by atoms with Gasteiger partial charge < -0.3 is 0 Å². The summed E-state index contributed by atoms with van der Waals surface area (Å²) in [6, 6.07) is 3.10. The van der Waals surface area contributed by atoms with Gasteiger partial charge in [-0.2, -0.15) is 0 Å². The Labute approximate surface area is 64.1 Å². The molecule has 0 bridgehead atoms. The Morgan fingerprint density at radius 1 is 1.64 bits per heavy atom. The van der Waals surface area contributed by atoms with E-state index in [0.29, 0.717) is 0 Å². The summed E-state index contributed by atoms with van der Waals surface area (Å²) >= 11 is 0. The standard InChI is InChI=1S/C8H6NO2/c1-6(11)8-7(5-10)3-2-4-9-8/h2-4H,1H3. The summed E-state index contributed by atoms with van der Waals surface area (Å²) in [5, 5.41) is 0. The lowest BCUT2D eigenvalue weighted by Crippen LogP contribution is -2.01. The van der Waals surface area contributed by atoms with Gasteiger partial charge in [0.15, 0.2) is 5.78 Å². The number of ketones is 1. The van der Waals surface area contributed by atoms with Gasteiger partial charge in [-0.3, -0.25) is 14.6 Å². The van der Waals surface area contributed by atoms with E-state index in [0.717, 1.165) is 0 Å². The summed E-state index contributed by atoms with van der Waals surface area (Å²) in [7, 11) is 0. The zero-order valence-electron chi connectivity index (χ0n) is 6.00. The molecule has 0 saturated carbocycles. The summed E-state index contributed by atoms with van der Waals surface area (Å²) in [6.45, 7) is 1.36. The van der Waals surface area contributed by atoms with Crippen molar-refractivity contribution < 1.29 is 9.59 Å². The lowest BCUT2D eigenvalue weighted by atomic mass is 10.1. The van der Waals surface area contributed by atoms with Gasteiger partial charge in [-0.05, 0) is 12.1 Å². The summed E-state index contributed by atoms with van der Waals surface area (Å²) in [4.78, 5) is 24.7. The number of nitrogens with zero attached hydrogens (tertiary/aromatic N) is 1. The molecular weight excluding hydrogens is 142 g/mol. The van der Waals surface area contributed by atoms with E-state index >= 15 is 0 Å². The van der Waals surface area contributed by atoms with Gasteiger partial charge in [0.2, 0.25) is 6.29 Å². The predicted octanol–water partition coefficient (Wildman–Crippen LogP) is 0.742. The summed E-state index contributed by atoms with van der Waals surface area (Å²) in [5.41, 5.74) is 0.405. The number of hydrogen-bond acceptors (Lipinski definition) is 3. The topological polar surface area (TPSA) is 47.0 Å². The molecule has 0 aliphatic rings. The second kappa shape index (κ2) is 3.05. The smallest absolute Gasteiger partial charge is 0.235 e. The highest BCUT2D eigenvalue weighted by atomic mass is 16.1. The van der Waals surface area contributed by atoms with Gasteiger partial charge in [-0.15, -0.1) is 0 Å². The minimum atomic E-state index is -0.219. The number of pyridine rings is 1. The second-order valence-corrected chi connectivity index (χ2v) is 2.06. The fourth-order valence-electron chi connectivity index (χ4n) is 0.768. The Morgan fingerprint density at radius 3 is 2.82 bits per heavy atom. The molecule has 1 radical (unpaired) electrons. The molecule has 3 nitrogen and oxygen atoms in total. The molecule has 0 aliphatic heterocycles. The van der Waals surface area contributed by atoms with E-state index in [-0.39, 0.29) is 17.0 Å². The van der Waals surface area contributed by atoms with E-state index in [9.17, 15) is 9.59 Å². The zero-order valence-corrected chi connectivity index (χ0v) is 6.00. The zero-order chi connectivity index (χ0) is 8.27. The summed E-state index contributed by atoms with van der Waals surface area (Å²) < 4.78 is 0. The van der Waals surface area contributed by atoms with Crippen LogP contribution in [0.1, 0.15) is 23.0 Å². The fraction of sp³-hybridized carbons (Fsp3) is 0.125. The summed E-state index contributed by atoms with van der Waals surface area (Å²) in [6.07, 6.45) is 3.11. The van der Waals surface area contributed by atoms with Crippen molar-refractivity contribution in [3.05, 3.63) is 29.6 Å². The van der Waals surface area contributed by atoms with Crippen LogP contribution in [0.15, 0.2) is 18.3 Å². The average Bonchev–Trinajstić information content (AvgIpc) is 2.04. The van der Waals surface area contributed by atoms with E-state index in [4.69, 9.17) is 0 Å². The number of carbonyl (C=O) groups excluding carboxylic acids is 2. The third kappa shape index (κ3) is 1.49. The fourth-order valence-corrected chi connectivity index (χ4v) is 0.768. The molecular formula is C8H6NO2. The molecule has 0 aliphatic carbocycles. The maximum atomic E-state index is 10.8. The molecule has 0 fully saturated rings. The van der Waals surface area contributed by atoms with Crippen LogP contribution in [-0.2, 0) is 4.79 Å². The monoisotopic (exact) mass is 148 g/mol. The third-order valence-corrected chi connectivity index (χ3v) is 1.25. The number of carbonyl (C=O) groups is 1. The minimum Gasteiger partial charge on any atom is -0.293 e. The Bertz CT molecular complexity index is 294. The number of hydrogen-bond donors (Lipinski definition) is 0. The Kier molecular flexibility index (Phi) is 2.11. The maximum absolute atomic E-state index is 10.8. The maximum Gasteiger partial charge on any atom is 0.235 e. The van der Waals surface area contributed by atoms with Crippen molar-refractivity contribution in [2.75, 3.05) is 0 Å². The van der Waals surface area contributed by atoms with Gasteiger partial charge in [0.1, 0.15) is 5.69 Å².